The van der Waals surface area contributed by atoms with Gasteiger partial charge < -0.3 is 5.11 Å². The minimum Gasteiger partial charge on any atom is -0.481 e. The molecule has 0 aliphatic carbocycles. The molecule has 4 nitrogen and oxygen atoms in total. The fraction of sp³-hybridized carbons (Fsp3) is 0.226. The first-order valence-electron chi connectivity index (χ1n) is 12.1. The van der Waals surface area contributed by atoms with Gasteiger partial charge in [0.15, 0.2) is 0 Å². The van der Waals surface area contributed by atoms with Crippen LogP contribution in [-0.2, 0) is 17.6 Å². The van der Waals surface area contributed by atoms with Gasteiger partial charge in [-0.3, -0.25) is 14.2 Å². The van der Waals surface area contributed by atoms with Crippen LogP contribution in [0.2, 0.25) is 0 Å². The number of aliphatic carboxylic acids is 1. The topological polar surface area (TPSA) is 59.3 Å². The standard InChI is InChI=1S/C31H31NO3/c1-22(2)19-25-17-14-23(15-18-25)13-16-24-7-5-8-26(20-24)31(35)32-21-27(9-6-12-30(33)34)28-10-3-4-11-29(28)32/h3-5,7-8,10-11,13-18,20-22H,6,9,12,19H2,1-2H3,(H,33,34). The number of carbonyl (C=O) groups is 2. The smallest absolute Gasteiger partial charge is 0.303 e. The molecule has 0 unspecified atom stereocenters. The van der Waals surface area contributed by atoms with Crippen molar-refractivity contribution in [2.75, 3.05) is 0 Å². The SMILES string of the molecule is CC(C)Cc1ccc(C=Cc2cccc(C(=O)n3cc(CCCC(=O)O)c4ccccc43)c2)cc1. The lowest BCUT2D eigenvalue weighted by Gasteiger charge is -2.06. The van der Waals surface area contributed by atoms with E-state index in [4.69, 9.17) is 5.11 Å². The number of nitrogens with zero attached hydrogens (tertiary/aromatic N) is 1. The molecule has 0 bridgehead atoms. The van der Waals surface area contributed by atoms with E-state index in [9.17, 15) is 9.59 Å². The number of para-hydroxylation sites is 1. The molecule has 0 fully saturated rings. The number of carboxylic acids is 1. The van der Waals surface area contributed by atoms with E-state index < -0.39 is 5.97 Å². The van der Waals surface area contributed by atoms with Gasteiger partial charge in [-0.15, -0.1) is 0 Å². The molecular formula is C31H31NO3. The largest absolute Gasteiger partial charge is 0.481 e. The highest BCUT2D eigenvalue weighted by molar-refractivity contribution is 6.03. The minimum absolute atomic E-state index is 0.0982. The van der Waals surface area contributed by atoms with Crippen molar-refractivity contribution in [1.29, 1.82) is 0 Å². The Balaban J connectivity index is 1.55. The van der Waals surface area contributed by atoms with Gasteiger partial charge >= 0.3 is 5.97 Å². The van der Waals surface area contributed by atoms with Crippen molar-refractivity contribution >= 4 is 34.9 Å². The highest BCUT2D eigenvalue weighted by Gasteiger charge is 2.15. The fourth-order valence-corrected chi connectivity index (χ4v) is 4.39. The number of carbonyl (C=O) groups excluding carboxylic acids is 1. The molecule has 1 aromatic heterocycles. The van der Waals surface area contributed by atoms with Gasteiger partial charge in [0, 0.05) is 23.6 Å². The Morgan fingerprint density at radius 2 is 1.66 bits per heavy atom. The molecule has 4 heteroatoms. The zero-order valence-electron chi connectivity index (χ0n) is 20.3. The van der Waals surface area contributed by atoms with Gasteiger partial charge in [0.1, 0.15) is 0 Å². The molecule has 0 spiro atoms. The Labute approximate surface area is 206 Å². The average molecular weight is 466 g/mol. The zero-order chi connectivity index (χ0) is 24.8. The first-order chi connectivity index (χ1) is 16.9. The Bertz CT molecular complexity index is 1360. The summed E-state index contributed by atoms with van der Waals surface area (Å²) >= 11 is 0. The molecule has 178 valence electrons. The fourth-order valence-electron chi connectivity index (χ4n) is 4.39. The number of benzene rings is 3. The first-order valence-corrected chi connectivity index (χ1v) is 12.1. The van der Waals surface area contributed by atoms with Crippen molar-refractivity contribution in [2.45, 2.75) is 39.5 Å². The van der Waals surface area contributed by atoms with Crippen LogP contribution in [0.1, 0.15) is 59.3 Å². The number of hydrogen-bond donors (Lipinski definition) is 1. The van der Waals surface area contributed by atoms with E-state index in [1.165, 1.54) is 5.56 Å². The summed E-state index contributed by atoms with van der Waals surface area (Å²) in [5, 5.41) is 9.96. The number of fused-ring (bicyclic) bond motifs is 1. The second-order valence-corrected chi connectivity index (χ2v) is 9.39. The van der Waals surface area contributed by atoms with Crippen LogP contribution in [0.25, 0.3) is 23.1 Å². The van der Waals surface area contributed by atoms with Crippen LogP contribution in [0.3, 0.4) is 0 Å². The molecule has 0 aliphatic rings. The highest BCUT2D eigenvalue weighted by Crippen LogP contribution is 2.24. The van der Waals surface area contributed by atoms with Gasteiger partial charge in [0.2, 0.25) is 0 Å². The van der Waals surface area contributed by atoms with E-state index in [-0.39, 0.29) is 12.3 Å². The van der Waals surface area contributed by atoms with Crippen molar-refractivity contribution in [3.63, 3.8) is 0 Å². The third-order valence-electron chi connectivity index (χ3n) is 6.08. The summed E-state index contributed by atoms with van der Waals surface area (Å²) in [5.41, 5.74) is 5.86. The lowest BCUT2D eigenvalue weighted by molar-refractivity contribution is -0.137. The average Bonchev–Trinajstić information content (AvgIpc) is 3.21. The summed E-state index contributed by atoms with van der Waals surface area (Å²) in [5.74, 6) is -0.268. The van der Waals surface area contributed by atoms with Crippen LogP contribution >= 0.6 is 0 Å². The van der Waals surface area contributed by atoms with Gasteiger partial charge in [-0.1, -0.05) is 80.6 Å². The molecule has 0 amide bonds. The van der Waals surface area contributed by atoms with Gasteiger partial charge in [-0.2, -0.15) is 0 Å². The van der Waals surface area contributed by atoms with E-state index in [1.54, 1.807) is 4.57 Å². The Morgan fingerprint density at radius 3 is 2.40 bits per heavy atom. The maximum atomic E-state index is 13.5. The lowest BCUT2D eigenvalue weighted by Crippen LogP contribution is -2.10. The van der Waals surface area contributed by atoms with E-state index in [2.05, 4.69) is 44.2 Å². The van der Waals surface area contributed by atoms with Gasteiger partial charge in [-0.25, -0.2) is 0 Å². The number of rotatable bonds is 9. The normalized spacial score (nSPS) is 11.5. The minimum atomic E-state index is -0.804. The monoisotopic (exact) mass is 465 g/mol. The van der Waals surface area contributed by atoms with Crippen molar-refractivity contribution in [1.82, 2.24) is 4.57 Å². The van der Waals surface area contributed by atoms with E-state index in [0.717, 1.165) is 34.0 Å². The first kappa shape index (κ1) is 24.2. The molecule has 1 heterocycles. The Hall–Kier alpha value is -3.92. The van der Waals surface area contributed by atoms with Crippen LogP contribution in [0.15, 0.2) is 79.0 Å². The van der Waals surface area contributed by atoms with Crippen molar-refractivity contribution in [3.05, 3.63) is 107 Å². The molecule has 0 atom stereocenters. The molecule has 35 heavy (non-hydrogen) atoms. The molecule has 4 rings (SSSR count). The molecule has 3 aromatic carbocycles. The molecular weight excluding hydrogens is 434 g/mol. The molecule has 0 saturated heterocycles. The predicted octanol–water partition coefficient (Wildman–Crippen LogP) is 7.11. The molecule has 0 saturated carbocycles. The summed E-state index contributed by atoms with van der Waals surface area (Å²) in [6.07, 6.45) is 8.29. The summed E-state index contributed by atoms with van der Waals surface area (Å²) in [6, 6.07) is 24.0. The third-order valence-corrected chi connectivity index (χ3v) is 6.08. The Morgan fingerprint density at radius 1 is 0.914 bits per heavy atom. The third kappa shape index (κ3) is 6.15. The lowest BCUT2D eigenvalue weighted by atomic mass is 10.0. The summed E-state index contributed by atoms with van der Waals surface area (Å²) in [4.78, 5) is 24.4. The number of aromatic nitrogens is 1. The maximum Gasteiger partial charge on any atom is 0.303 e. The molecule has 0 radical (unpaired) electrons. The van der Waals surface area contributed by atoms with Gasteiger partial charge in [0.05, 0.1) is 5.52 Å². The maximum absolute atomic E-state index is 13.5. The quantitative estimate of drug-likeness (QED) is 0.268. The van der Waals surface area contributed by atoms with E-state index >= 15 is 0 Å². The van der Waals surface area contributed by atoms with Crippen molar-refractivity contribution in [3.8, 4) is 0 Å². The number of aryl methyl sites for hydroxylation is 1. The molecule has 1 N–H and O–H groups in total. The molecule has 4 aromatic rings. The van der Waals surface area contributed by atoms with Crippen LogP contribution < -0.4 is 0 Å². The summed E-state index contributed by atoms with van der Waals surface area (Å²) in [7, 11) is 0. The second-order valence-electron chi connectivity index (χ2n) is 9.39. The zero-order valence-corrected chi connectivity index (χ0v) is 20.3. The van der Waals surface area contributed by atoms with Gasteiger partial charge in [0.25, 0.3) is 5.91 Å². The van der Waals surface area contributed by atoms with Crippen molar-refractivity contribution < 1.29 is 14.7 Å². The van der Waals surface area contributed by atoms with E-state index in [0.29, 0.717) is 24.3 Å². The second kappa shape index (κ2) is 11.0. The van der Waals surface area contributed by atoms with Gasteiger partial charge in [-0.05, 0) is 65.6 Å². The summed E-state index contributed by atoms with van der Waals surface area (Å²) in [6.45, 7) is 4.44. The highest BCUT2D eigenvalue weighted by atomic mass is 16.4. The molecule has 0 aliphatic heterocycles. The van der Waals surface area contributed by atoms with E-state index in [1.807, 2.05) is 60.8 Å². The predicted molar refractivity (Wildman–Crippen MR) is 143 cm³/mol. The number of hydrogen-bond acceptors (Lipinski definition) is 2. The summed E-state index contributed by atoms with van der Waals surface area (Å²) < 4.78 is 1.68. The Kier molecular flexibility index (Phi) is 7.61. The van der Waals surface area contributed by atoms with Crippen molar-refractivity contribution in [2.24, 2.45) is 5.92 Å². The number of carboxylic acid groups (broad SMARTS) is 1. The van der Waals surface area contributed by atoms with Crippen LogP contribution in [0.5, 0.6) is 0 Å². The van der Waals surface area contributed by atoms with Crippen LogP contribution in [0.4, 0.5) is 0 Å². The van der Waals surface area contributed by atoms with Crippen LogP contribution in [0, 0.1) is 5.92 Å². The van der Waals surface area contributed by atoms with Crippen LogP contribution in [-0.4, -0.2) is 21.6 Å².